The normalized spacial score (nSPS) is 16.3. The Morgan fingerprint density at radius 1 is 1.18 bits per heavy atom. The molecule has 1 aromatic rings. The number of piperazine rings is 1. The van der Waals surface area contributed by atoms with Crippen LogP contribution in [-0.2, 0) is 0 Å². The molecule has 3 nitrogen and oxygen atoms in total. The fourth-order valence-corrected chi connectivity index (χ4v) is 2.86. The second kappa shape index (κ2) is 10.9. The summed E-state index contributed by atoms with van der Waals surface area (Å²) in [4.78, 5) is 2.56. The standard InChI is InChI=1S/C17H25N3.2ClH/c1-14(2)6-7-17(20-10-8-19-9-11-20)16-5-3-4-15(12-16)13-18;;/h3-5,12,14,17,19H,6-11H2,1-2H3;2*1H/t17-;;/m1../s1. The van der Waals surface area contributed by atoms with Gasteiger partial charge in [0.15, 0.2) is 0 Å². The summed E-state index contributed by atoms with van der Waals surface area (Å²) in [5, 5.41) is 12.5. The van der Waals surface area contributed by atoms with Crippen molar-refractivity contribution in [1.82, 2.24) is 10.2 Å². The second-order valence-corrected chi connectivity index (χ2v) is 6.01. The maximum absolute atomic E-state index is 9.10. The lowest BCUT2D eigenvalue weighted by atomic mass is 9.95. The molecule has 0 saturated carbocycles. The summed E-state index contributed by atoms with van der Waals surface area (Å²) in [5.41, 5.74) is 2.07. The summed E-state index contributed by atoms with van der Waals surface area (Å²) in [7, 11) is 0. The van der Waals surface area contributed by atoms with E-state index in [1.54, 1.807) is 0 Å². The molecule has 0 bridgehead atoms. The van der Waals surface area contributed by atoms with Crippen molar-refractivity contribution in [1.29, 1.82) is 5.26 Å². The first-order valence-electron chi connectivity index (χ1n) is 7.65. The molecule has 1 aliphatic rings. The summed E-state index contributed by atoms with van der Waals surface area (Å²) in [6, 6.07) is 10.8. The first-order chi connectivity index (χ1) is 9.70. The van der Waals surface area contributed by atoms with Gasteiger partial charge in [-0.25, -0.2) is 0 Å². The van der Waals surface area contributed by atoms with E-state index in [2.05, 4.69) is 42.3 Å². The minimum Gasteiger partial charge on any atom is -0.314 e. The Morgan fingerprint density at radius 2 is 1.86 bits per heavy atom. The van der Waals surface area contributed by atoms with Crippen molar-refractivity contribution < 1.29 is 0 Å². The lowest BCUT2D eigenvalue weighted by Gasteiger charge is -2.35. The zero-order valence-corrected chi connectivity index (χ0v) is 15.1. The fourth-order valence-electron chi connectivity index (χ4n) is 2.86. The van der Waals surface area contributed by atoms with E-state index >= 15 is 0 Å². The second-order valence-electron chi connectivity index (χ2n) is 6.01. The molecule has 0 spiro atoms. The van der Waals surface area contributed by atoms with Crippen molar-refractivity contribution in [2.24, 2.45) is 5.92 Å². The average Bonchev–Trinajstić information content (AvgIpc) is 2.48. The molecule has 22 heavy (non-hydrogen) atoms. The van der Waals surface area contributed by atoms with E-state index in [4.69, 9.17) is 5.26 Å². The molecule has 1 saturated heterocycles. The smallest absolute Gasteiger partial charge is 0.0991 e. The van der Waals surface area contributed by atoms with E-state index in [1.165, 1.54) is 18.4 Å². The van der Waals surface area contributed by atoms with Crippen LogP contribution in [0, 0.1) is 17.2 Å². The summed E-state index contributed by atoms with van der Waals surface area (Å²) < 4.78 is 0. The highest BCUT2D eigenvalue weighted by atomic mass is 35.5. The molecule has 0 amide bonds. The zero-order valence-electron chi connectivity index (χ0n) is 13.4. The molecular weight excluding hydrogens is 317 g/mol. The highest BCUT2D eigenvalue weighted by Gasteiger charge is 2.22. The number of hydrogen-bond acceptors (Lipinski definition) is 3. The number of benzene rings is 1. The van der Waals surface area contributed by atoms with Crippen LogP contribution in [0.2, 0.25) is 0 Å². The molecule has 0 radical (unpaired) electrons. The molecule has 1 N–H and O–H groups in total. The Labute approximate surface area is 146 Å². The van der Waals surface area contributed by atoms with Crippen LogP contribution < -0.4 is 5.32 Å². The zero-order chi connectivity index (χ0) is 14.4. The van der Waals surface area contributed by atoms with Gasteiger partial charge in [0.05, 0.1) is 11.6 Å². The largest absolute Gasteiger partial charge is 0.314 e. The fraction of sp³-hybridized carbons (Fsp3) is 0.588. The molecule has 5 heteroatoms. The Balaban J connectivity index is 0.00000220. The van der Waals surface area contributed by atoms with Gasteiger partial charge in [0.2, 0.25) is 0 Å². The molecule has 0 unspecified atom stereocenters. The molecule has 1 fully saturated rings. The van der Waals surface area contributed by atoms with Gasteiger partial charge < -0.3 is 5.32 Å². The van der Waals surface area contributed by atoms with Crippen molar-refractivity contribution in [3.05, 3.63) is 35.4 Å². The predicted octanol–water partition coefficient (Wildman–Crippen LogP) is 3.78. The van der Waals surface area contributed by atoms with E-state index in [-0.39, 0.29) is 24.8 Å². The Hall–Kier alpha value is -0.790. The van der Waals surface area contributed by atoms with Crippen LogP contribution in [0.3, 0.4) is 0 Å². The monoisotopic (exact) mass is 343 g/mol. The van der Waals surface area contributed by atoms with E-state index < -0.39 is 0 Å². The summed E-state index contributed by atoms with van der Waals surface area (Å²) in [6.07, 6.45) is 2.40. The molecule has 2 rings (SSSR count). The van der Waals surface area contributed by atoms with Crippen molar-refractivity contribution in [3.8, 4) is 6.07 Å². The Kier molecular flexibility index (Phi) is 10.5. The Morgan fingerprint density at radius 3 is 2.45 bits per heavy atom. The maximum Gasteiger partial charge on any atom is 0.0991 e. The minimum atomic E-state index is 0. The number of halogens is 2. The number of nitrogens with zero attached hydrogens (tertiary/aromatic N) is 2. The van der Waals surface area contributed by atoms with Crippen LogP contribution in [0.15, 0.2) is 24.3 Å². The molecule has 1 aromatic carbocycles. The quantitative estimate of drug-likeness (QED) is 0.883. The predicted molar refractivity (Wildman–Crippen MR) is 96.9 cm³/mol. The molecule has 0 aromatic heterocycles. The van der Waals surface area contributed by atoms with Gasteiger partial charge in [0.25, 0.3) is 0 Å². The molecule has 1 heterocycles. The van der Waals surface area contributed by atoms with Crippen molar-refractivity contribution in [2.45, 2.75) is 32.7 Å². The van der Waals surface area contributed by atoms with Crippen LogP contribution >= 0.6 is 24.8 Å². The maximum atomic E-state index is 9.10. The highest BCUT2D eigenvalue weighted by Crippen LogP contribution is 2.28. The third-order valence-corrected chi connectivity index (χ3v) is 4.01. The van der Waals surface area contributed by atoms with E-state index in [1.807, 2.05) is 12.1 Å². The van der Waals surface area contributed by atoms with E-state index in [0.717, 1.165) is 37.7 Å². The third-order valence-electron chi connectivity index (χ3n) is 4.01. The molecule has 0 aliphatic carbocycles. The van der Waals surface area contributed by atoms with Crippen LogP contribution in [-0.4, -0.2) is 31.1 Å². The van der Waals surface area contributed by atoms with Gasteiger partial charge >= 0.3 is 0 Å². The van der Waals surface area contributed by atoms with Gasteiger partial charge in [0.1, 0.15) is 0 Å². The van der Waals surface area contributed by atoms with Crippen LogP contribution in [0.4, 0.5) is 0 Å². The number of hydrogen-bond donors (Lipinski definition) is 1. The van der Waals surface area contributed by atoms with E-state index in [0.29, 0.717) is 6.04 Å². The highest BCUT2D eigenvalue weighted by molar-refractivity contribution is 5.85. The first-order valence-corrected chi connectivity index (χ1v) is 7.65. The SMILES string of the molecule is CC(C)CC[C@H](c1cccc(C#N)c1)N1CCNCC1.Cl.Cl. The van der Waals surface area contributed by atoms with Crippen molar-refractivity contribution >= 4 is 24.8 Å². The summed E-state index contributed by atoms with van der Waals surface area (Å²) in [5.74, 6) is 0.722. The first kappa shape index (κ1) is 21.2. The van der Waals surface area contributed by atoms with Gasteiger partial charge in [0, 0.05) is 32.2 Å². The summed E-state index contributed by atoms with van der Waals surface area (Å²) in [6.45, 7) is 8.88. The lowest BCUT2D eigenvalue weighted by Crippen LogP contribution is -2.45. The molecular formula is C17H27Cl2N3. The third kappa shape index (κ3) is 6.14. The number of rotatable bonds is 5. The summed E-state index contributed by atoms with van der Waals surface area (Å²) >= 11 is 0. The van der Waals surface area contributed by atoms with Gasteiger partial charge in [-0.05, 0) is 36.5 Å². The number of nitriles is 1. The van der Waals surface area contributed by atoms with Crippen LogP contribution in [0.1, 0.15) is 43.9 Å². The van der Waals surface area contributed by atoms with Crippen molar-refractivity contribution in [3.63, 3.8) is 0 Å². The average molecular weight is 344 g/mol. The van der Waals surface area contributed by atoms with Gasteiger partial charge in [-0.15, -0.1) is 24.8 Å². The van der Waals surface area contributed by atoms with Crippen LogP contribution in [0.5, 0.6) is 0 Å². The van der Waals surface area contributed by atoms with Gasteiger partial charge in [-0.1, -0.05) is 26.0 Å². The minimum absolute atomic E-state index is 0. The van der Waals surface area contributed by atoms with Crippen LogP contribution in [0.25, 0.3) is 0 Å². The molecule has 1 aliphatic heterocycles. The molecule has 1 atom stereocenters. The Bertz CT molecular complexity index is 465. The van der Waals surface area contributed by atoms with Crippen molar-refractivity contribution in [2.75, 3.05) is 26.2 Å². The van der Waals surface area contributed by atoms with Gasteiger partial charge in [-0.3, -0.25) is 4.90 Å². The van der Waals surface area contributed by atoms with E-state index in [9.17, 15) is 0 Å². The lowest BCUT2D eigenvalue weighted by molar-refractivity contribution is 0.160. The van der Waals surface area contributed by atoms with Gasteiger partial charge in [-0.2, -0.15) is 5.26 Å². The number of nitrogens with one attached hydrogen (secondary N) is 1. The molecule has 124 valence electrons. The topological polar surface area (TPSA) is 39.1 Å².